The lowest BCUT2D eigenvalue weighted by atomic mass is 9.97. The van der Waals surface area contributed by atoms with Crippen molar-refractivity contribution in [2.24, 2.45) is 5.92 Å². The Labute approximate surface area is 211 Å². The zero-order valence-electron chi connectivity index (χ0n) is 21.5. The van der Waals surface area contributed by atoms with Crippen LogP contribution in [0.3, 0.4) is 0 Å². The maximum Gasteiger partial charge on any atom is 0.309 e. The van der Waals surface area contributed by atoms with Crippen molar-refractivity contribution in [1.29, 1.82) is 0 Å². The van der Waals surface area contributed by atoms with E-state index in [1.54, 1.807) is 36.8 Å². The second kappa shape index (κ2) is 10.8. The highest BCUT2D eigenvalue weighted by atomic mass is 16.5. The Balaban J connectivity index is 1.72. The number of carbonyl (C=O) groups is 2. The molecule has 4 rings (SSSR count). The summed E-state index contributed by atoms with van der Waals surface area (Å²) in [5.74, 6) is 0.804. The van der Waals surface area contributed by atoms with Gasteiger partial charge < -0.3 is 19.1 Å². The van der Waals surface area contributed by atoms with Crippen LogP contribution in [0.15, 0.2) is 42.5 Å². The standard InChI is InChI=1S/C28H33N3O5/c1-6-36-28(33)20-11-13-30(14-12-20)27(32)25-17-23(22-9-8-21(34-4)16-26(22)35-5)29-31(25)24-10-7-18(2)15-19(24)3/h7-10,15-17,20H,6,11-14H2,1-5H3. The average Bonchev–Trinajstić information content (AvgIpc) is 3.32. The first-order valence-electron chi connectivity index (χ1n) is 12.2. The Bertz CT molecular complexity index is 1260. The van der Waals surface area contributed by atoms with Crippen LogP contribution in [0.2, 0.25) is 0 Å². The van der Waals surface area contributed by atoms with Crippen molar-refractivity contribution in [2.45, 2.75) is 33.6 Å². The van der Waals surface area contributed by atoms with Gasteiger partial charge in [0.2, 0.25) is 0 Å². The number of hydrogen-bond acceptors (Lipinski definition) is 6. The third kappa shape index (κ3) is 5.08. The molecule has 0 bridgehead atoms. The van der Waals surface area contributed by atoms with E-state index in [9.17, 15) is 9.59 Å². The molecule has 1 aromatic heterocycles. The van der Waals surface area contributed by atoms with E-state index in [-0.39, 0.29) is 17.8 Å². The van der Waals surface area contributed by atoms with Crippen LogP contribution in [0.5, 0.6) is 11.5 Å². The highest BCUT2D eigenvalue weighted by molar-refractivity contribution is 5.95. The summed E-state index contributed by atoms with van der Waals surface area (Å²) in [5.41, 5.74) is 4.83. The second-order valence-electron chi connectivity index (χ2n) is 9.00. The Hall–Kier alpha value is -3.81. The summed E-state index contributed by atoms with van der Waals surface area (Å²) in [6, 6.07) is 13.4. The molecule has 0 radical (unpaired) electrons. The zero-order valence-corrected chi connectivity index (χ0v) is 21.5. The summed E-state index contributed by atoms with van der Waals surface area (Å²) in [6.45, 7) is 7.19. The number of rotatable bonds is 7. The number of carbonyl (C=O) groups excluding carboxylic acids is 2. The molecule has 0 spiro atoms. The maximum absolute atomic E-state index is 13.8. The highest BCUT2D eigenvalue weighted by Gasteiger charge is 2.31. The van der Waals surface area contributed by atoms with Gasteiger partial charge >= 0.3 is 5.97 Å². The van der Waals surface area contributed by atoms with E-state index in [0.29, 0.717) is 55.4 Å². The third-order valence-electron chi connectivity index (χ3n) is 6.60. The maximum atomic E-state index is 13.8. The SMILES string of the molecule is CCOC(=O)C1CCN(C(=O)c2cc(-c3ccc(OC)cc3OC)nn2-c2ccc(C)cc2C)CC1. The fraction of sp³-hybridized carbons (Fsp3) is 0.393. The van der Waals surface area contributed by atoms with Crippen LogP contribution in [-0.4, -0.2) is 60.5 Å². The van der Waals surface area contributed by atoms with Crippen LogP contribution in [0.4, 0.5) is 0 Å². The first-order chi connectivity index (χ1) is 17.4. The summed E-state index contributed by atoms with van der Waals surface area (Å²) in [6.07, 6.45) is 1.17. The molecule has 8 nitrogen and oxygen atoms in total. The summed E-state index contributed by atoms with van der Waals surface area (Å²) >= 11 is 0. The van der Waals surface area contributed by atoms with Gasteiger partial charge in [-0.15, -0.1) is 0 Å². The van der Waals surface area contributed by atoms with Crippen molar-refractivity contribution in [3.05, 3.63) is 59.3 Å². The monoisotopic (exact) mass is 491 g/mol. The fourth-order valence-electron chi connectivity index (χ4n) is 4.64. The number of ether oxygens (including phenoxy) is 3. The Morgan fingerprint density at radius 2 is 1.75 bits per heavy atom. The smallest absolute Gasteiger partial charge is 0.309 e. The van der Waals surface area contributed by atoms with Crippen molar-refractivity contribution >= 4 is 11.9 Å². The molecule has 190 valence electrons. The van der Waals surface area contributed by atoms with E-state index >= 15 is 0 Å². The predicted octanol–water partition coefficient (Wildman–Crippen LogP) is 4.59. The van der Waals surface area contributed by atoms with E-state index in [0.717, 1.165) is 22.4 Å². The minimum Gasteiger partial charge on any atom is -0.497 e. The number of methoxy groups -OCH3 is 2. The molecule has 0 aliphatic carbocycles. The number of hydrogen-bond donors (Lipinski definition) is 0. The molecule has 1 aliphatic heterocycles. The van der Waals surface area contributed by atoms with Gasteiger partial charge in [0, 0.05) is 24.7 Å². The van der Waals surface area contributed by atoms with Gasteiger partial charge in [-0.25, -0.2) is 4.68 Å². The van der Waals surface area contributed by atoms with Gasteiger partial charge in [-0.2, -0.15) is 5.10 Å². The minimum atomic E-state index is -0.182. The van der Waals surface area contributed by atoms with Gasteiger partial charge in [0.1, 0.15) is 17.2 Å². The number of aromatic nitrogens is 2. The molecule has 2 aromatic carbocycles. The predicted molar refractivity (Wildman–Crippen MR) is 137 cm³/mol. The second-order valence-corrected chi connectivity index (χ2v) is 9.00. The first kappa shape index (κ1) is 25.3. The molecule has 36 heavy (non-hydrogen) atoms. The largest absolute Gasteiger partial charge is 0.497 e. The summed E-state index contributed by atoms with van der Waals surface area (Å²) < 4.78 is 17.8. The van der Waals surface area contributed by atoms with E-state index < -0.39 is 0 Å². The Morgan fingerprint density at radius 1 is 1.00 bits per heavy atom. The van der Waals surface area contributed by atoms with Crippen LogP contribution < -0.4 is 9.47 Å². The van der Waals surface area contributed by atoms with E-state index in [2.05, 4.69) is 6.07 Å². The van der Waals surface area contributed by atoms with E-state index in [1.165, 1.54) is 0 Å². The molecule has 0 unspecified atom stereocenters. The molecule has 8 heteroatoms. The molecule has 1 saturated heterocycles. The van der Waals surface area contributed by atoms with Crippen molar-refractivity contribution in [1.82, 2.24) is 14.7 Å². The zero-order chi connectivity index (χ0) is 25.8. The van der Waals surface area contributed by atoms with Crippen LogP contribution >= 0.6 is 0 Å². The normalized spacial score (nSPS) is 14.0. The molecular formula is C28H33N3O5. The molecule has 1 fully saturated rings. The molecule has 0 atom stereocenters. The number of aryl methyl sites for hydroxylation is 2. The number of benzene rings is 2. The van der Waals surface area contributed by atoms with Crippen LogP contribution in [0, 0.1) is 19.8 Å². The number of likely N-dealkylation sites (tertiary alicyclic amines) is 1. The van der Waals surface area contributed by atoms with Gasteiger partial charge in [-0.05, 0) is 63.4 Å². The van der Waals surface area contributed by atoms with Gasteiger partial charge in [0.05, 0.1) is 38.1 Å². The van der Waals surface area contributed by atoms with Crippen LogP contribution in [0.25, 0.3) is 16.9 Å². The lowest BCUT2D eigenvalue weighted by molar-refractivity contribution is -0.149. The molecular weight excluding hydrogens is 458 g/mol. The van der Waals surface area contributed by atoms with Crippen LogP contribution in [-0.2, 0) is 9.53 Å². The minimum absolute atomic E-state index is 0.122. The molecule has 3 aromatic rings. The summed E-state index contributed by atoms with van der Waals surface area (Å²) in [7, 11) is 3.20. The van der Waals surface area contributed by atoms with Crippen molar-refractivity contribution in [2.75, 3.05) is 33.9 Å². The van der Waals surface area contributed by atoms with Gasteiger partial charge in [0.25, 0.3) is 5.91 Å². The molecule has 0 N–H and O–H groups in total. The Morgan fingerprint density at radius 3 is 2.39 bits per heavy atom. The summed E-state index contributed by atoms with van der Waals surface area (Å²) in [4.78, 5) is 27.7. The van der Waals surface area contributed by atoms with Gasteiger partial charge in [-0.3, -0.25) is 9.59 Å². The van der Waals surface area contributed by atoms with E-state index in [4.69, 9.17) is 19.3 Å². The fourth-order valence-corrected chi connectivity index (χ4v) is 4.64. The van der Waals surface area contributed by atoms with Crippen molar-refractivity contribution in [3.8, 4) is 28.4 Å². The summed E-state index contributed by atoms with van der Waals surface area (Å²) in [5, 5.41) is 4.86. The van der Waals surface area contributed by atoms with Gasteiger partial charge in [-0.1, -0.05) is 17.7 Å². The van der Waals surface area contributed by atoms with Crippen LogP contribution in [0.1, 0.15) is 41.4 Å². The number of piperidine rings is 1. The first-order valence-corrected chi connectivity index (χ1v) is 12.2. The van der Waals surface area contributed by atoms with Crippen molar-refractivity contribution in [3.63, 3.8) is 0 Å². The molecule has 1 amide bonds. The molecule has 1 aliphatic rings. The van der Waals surface area contributed by atoms with Crippen molar-refractivity contribution < 1.29 is 23.8 Å². The third-order valence-corrected chi connectivity index (χ3v) is 6.60. The lowest BCUT2D eigenvalue weighted by Gasteiger charge is -2.31. The topological polar surface area (TPSA) is 82.9 Å². The number of amides is 1. The Kier molecular flexibility index (Phi) is 7.62. The van der Waals surface area contributed by atoms with E-state index in [1.807, 2.05) is 44.2 Å². The molecule has 0 saturated carbocycles. The molecule has 2 heterocycles. The van der Waals surface area contributed by atoms with Gasteiger partial charge in [0.15, 0.2) is 0 Å². The highest BCUT2D eigenvalue weighted by Crippen LogP contribution is 2.34. The number of esters is 1. The quantitative estimate of drug-likeness (QED) is 0.450. The lowest BCUT2D eigenvalue weighted by Crippen LogP contribution is -2.41. The number of nitrogens with zero attached hydrogens (tertiary/aromatic N) is 3. The average molecular weight is 492 g/mol.